The van der Waals surface area contributed by atoms with Gasteiger partial charge in [-0.1, -0.05) is 17.8 Å². The first kappa shape index (κ1) is 20.9. The topological polar surface area (TPSA) is 70.2 Å². The molecule has 7 heteroatoms. The van der Waals surface area contributed by atoms with Crippen molar-refractivity contribution in [2.45, 2.75) is 31.3 Å². The van der Waals surface area contributed by atoms with Gasteiger partial charge in [0.1, 0.15) is 11.3 Å². The standard InChI is InChI=1S/C24H23N3O3S/c1-5-10-27-23(17-6-8-19(29-4)9-7-17)25-26-24(27)31-14-18-13-22(28)30-21-12-16(3)15(2)11-20(18)21/h5-9,11-13H,1,10,14H2,2-4H3. The molecule has 0 aliphatic heterocycles. The van der Waals surface area contributed by atoms with Crippen LogP contribution in [0.5, 0.6) is 5.75 Å². The van der Waals surface area contributed by atoms with E-state index >= 15 is 0 Å². The molecular formula is C24H23N3O3S. The van der Waals surface area contributed by atoms with Gasteiger partial charge in [0.15, 0.2) is 11.0 Å². The Morgan fingerprint density at radius 2 is 1.87 bits per heavy atom. The van der Waals surface area contributed by atoms with Gasteiger partial charge in [-0.2, -0.15) is 0 Å². The van der Waals surface area contributed by atoms with Crippen LogP contribution in [0.1, 0.15) is 16.7 Å². The number of thioether (sulfide) groups is 1. The summed E-state index contributed by atoms with van der Waals surface area (Å²) < 4.78 is 12.7. The largest absolute Gasteiger partial charge is 0.497 e. The van der Waals surface area contributed by atoms with Crippen LogP contribution in [0.3, 0.4) is 0 Å². The Kier molecular flexibility index (Phi) is 5.95. The Labute approximate surface area is 184 Å². The van der Waals surface area contributed by atoms with E-state index < -0.39 is 0 Å². The number of methoxy groups -OCH3 is 1. The van der Waals surface area contributed by atoms with Gasteiger partial charge in [-0.15, -0.1) is 16.8 Å². The summed E-state index contributed by atoms with van der Waals surface area (Å²) in [6.07, 6.45) is 1.82. The molecular weight excluding hydrogens is 410 g/mol. The quantitative estimate of drug-likeness (QED) is 0.228. The van der Waals surface area contributed by atoms with Gasteiger partial charge < -0.3 is 9.15 Å². The van der Waals surface area contributed by atoms with E-state index in [2.05, 4.69) is 29.8 Å². The second-order valence-electron chi connectivity index (χ2n) is 7.25. The first-order valence-electron chi connectivity index (χ1n) is 9.85. The monoisotopic (exact) mass is 433 g/mol. The van der Waals surface area contributed by atoms with E-state index in [9.17, 15) is 4.79 Å². The first-order valence-corrected chi connectivity index (χ1v) is 10.8. The number of aromatic nitrogens is 3. The van der Waals surface area contributed by atoms with Crippen LogP contribution >= 0.6 is 11.8 Å². The van der Waals surface area contributed by atoms with Crippen LogP contribution in [-0.2, 0) is 12.3 Å². The minimum Gasteiger partial charge on any atom is -0.497 e. The summed E-state index contributed by atoms with van der Waals surface area (Å²) in [4.78, 5) is 12.1. The maximum absolute atomic E-state index is 12.1. The summed E-state index contributed by atoms with van der Waals surface area (Å²) in [5.41, 5.74) is 4.37. The van der Waals surface area contributed by atoms with Gasteiger partial charge in [0.2, 0.25) is 0 Å². The molecule has 0 bridgehead atoms. The lowest BCUT2D eigenvalue weighted by atomic mass is 10.0. The molecule has 0 fully saturated rings. The third-order valence-electron chi connectivity index (χ3n) is 5.18. The summed E-state index contributed by atoms with van der Waals surface area (Å²) in [5.74, 6) is 2.12. The molecule has 6 nitrogen and oxygen atoms in total. The molecule has 2 heterocycles. The predicted octanol–water partition coefficient (Wildman–Crippen LogP) is 5.16. The zero-order chi connectivity index (χ0) is 22.0. The molecule has 0 aliphatic carbocycles. The van der Waals surface area contributed by atoms with E-state index in [1.165, 1.54) is 11.8 Å². The number of rotatable bonds is 7. The lowest BCUT2D eigenvalue weighted by Crippen LogP contribution is -2.03. The second-order valence-corrected chi connectivity index (χ2v) is 8.19. The van der Waals surface area contributed by atoms with Gasteiger partial charge in [-0.3, -0.25) is 4.57 Å². The van der Waals surface area contributed by atoms with Crippen LogP contribution in [0.2, 0.25) is 0 Å². The number of hydrogen-bond acceptors (Lipinski definition) is 6. The van der Waals surface area contributed by atoms with Gasteiger partial charge in [0.05, 0.1) is 7.11 Å². The highest BCUT2D eigenvalue weighted by Crippen LogP contribution is 2.30. The molecule has 0 amide bonds. The molecule has 0 spiro atoms. The van der Waals surface area contributed by atoms with Crippen LogP contribution in [0, 0.1) is 13.8 Å². The van der Waals surface area contributed by atoms with E-state index in [-0.39, 0.29) is 5.63 Å². The van der Waals surface area contributed by atoms with Gasteiger partial charge in [-0.25, -0.2) is 4.79 Å². The number of benzene rings is 2. The maximum atomic E-state index is 12.1. The van der Waals surface area contributed by atoms with Crippen molar-refractivity contribution in [3.63, 3.8) is 0 Å². The fraction of sp³-hybridized carbons (Fsp3) is 0.208. The zero-order valence-electron chi connectivity index (χ0n) is 17.7. The van der Waals surface area contributed by atoms with Gasteiger partial charge in [0, 0.05) is 29.3 Å². The molecule has 2 aromatic heterocycles. The molecule has 0 unspecified atom stereocenters. The predicted molar refractivity (Wildman–Crippen MR) is 124 cm³/mol. The number of allylic oxidation sites excluding steroid dienone is 1. The number of ether oxygens (including phenoxy) is 1. The average Bonchev–Trinajstić information content (AvgIpc) is 3.16. The van der Waals surface area contributed by atoms with Crippen molar-refractivity contribution < 1.29 is 9.15 Å². The van der Waals surface area contributed by atoms with Gasteiger partial charge >= 0.3 is 5.63 Å². The number of aryl methyl sites for hydroxylation is 2. The lowest BCUT2D eigenvalue weighted by Gasteiger charge is -2.10. The SMILES string of the molecule is C=CCn1c(SCc2cc(=O)oc3cc(C)c(C)cc23)nnc1-c1ccc(OC)cc1. The highest BCUT2D eigenvalue weighted by atomic mass is 32.2. The lowest BCUT2D eigenvalue weighted by molar-refractivity contribution is 0.415. The fourth-order valence-electron chi connectivity index (χ4n) is 3.39. The van der Waals surface area contributed by atoms with Crippen molar-refractivity contribution in [2.75, 3.05) is 7.11 Å². The third kappa shape index (κ3) is 4.27. The van der Waals surface area contributed by atoms with Crippen LogP contribution in [0.25, 0.3) is 22.4 Å². The molecule has 31 heavy (non-hydrogen) atoms. The summed E-state index contributed by atoms with van der Waals surface area (Å²) in [5, 5.41) is 10.5. The molecule has 0 saturated heterocycles. The maximum Gasteiger partial charge on any atom is 0.336 e. The minimum absolute atomic E-state index is 0.349. The van der Waals surface area contributed by atoms with Crippen molar-refractivity contribution >= 4 is 22.7 Å². The van der Waals surface area contributed by atoms with E-state index in [0.29, 0.717) is 17.9 Å². The Balaban J connectivity index is 1.67. The Bertz CT molecular complexity index is 1310. The van der Waals surface area contributed by atoms with Gasteiger partial charge in [-0.05, 0) is 66.9 Å². The molecule has 0 N–H and O–H groups in total. The Hall–Kier alpha value is -3.32. The number of hydrogen-bond donors (Lipinski definition) is 0. The Morgan fingerprint density at radius 3 is 2.58 bits per heavy atom. The molecule has 0 radical (unpaired) electrons. The van der Waals surface area contributed by atoms with E-state index in [4.69, 9.17) is 9.15 Å². The van der Waals surface area contributed by atoms with E-state index in [1.807, 2.05) is 47.9 Å². The highest BCUT2D eigenvalue weighted by Gasteiger charge is 2.15. The first-order chi connectivity index (χ1) is 15.0. The summed E-state index contributed by atoms with van der Waals surface area (Å²) in [6.45, 7) is 8.51. The van der Waals surface area contributed by atoms with Crippen molar-refractivity contribution in [1.29, 1.82) is 0 Å². The van der Waals surface area contributed by atoms with Crippen LogP contribution in [-0.4, -0.2) is 21.9 Å². The van der Waals surface area contributed by atoms with Crippen molar-refractivity contribution in [3.8, 4) is 17.1 Å². The molecule has 4 aromatic rings. The van der Waals surface area contributed by atoms with Crippen LogP contribution < -0.4 is 10.4 Å². The summed E-state index contributed by atoms with van der Waals surface area (Å²) in [7, 11) is 1.64. The van der Waals surface area contributed by atoms with Crippen molar-refractivity contribution in [1.82, 2.24) is 14.8 Å². The second kappa shape index (κ2) is 8.81. The molecule has 0 saturated carbocycles. The molecule has 2 aromatic carbocycles. The zero-order valence-corrected chi connectivity index (χ0v) is 18.5. The normalized spacial score (nSPS) is 11.1. The van der Waals surface area contributed by atoms with Crippen molar-refractivity contribution in [2.24, 2.45) is 0 Å². The van der Waals surface area contributed by atoms with Crippen LogP contribution in [0.4, 0.5) is 0 Å². The minimum atomic E-state index is -0.349. The molecule has 158 valence electrons. The van der Waals surface area contributed by atoms with Crippen LogP contribution in [0.15, 0.2) is 69.5 Å². The van der Waals surface area contributed by atoms with E-state index in [0.717, 1.165) is 44.4 Å². The molecule has 0 aliphatic rings. The Morgan fingerprint density at radius 1 is 1.13 bits per heavy atom. The van der Waals surface area contributed by atoms with Crippen molar-refractivity contribution in [3.05, 3.63) is 82.2 Å². The summed E-state index contributed by atoms with van der Waals surface area (Å²) >= 11 is 1.53. The smallest absolute Gasteiger partial charge is 0.336 e. The fourth-order valence-corrected chi connectivity index (χ4v) is 4.33. The molecule has 4 rings (SSSR count). The number of fused-ring (bicyclic) bond motifs is 1. The highest BCUT2D eigenvalue weighted by molar-refractivity contribution is 7.98. The summed E-state index contributed by atoms with van der Waals surface area (Å²) in [6, 6.07) is 13.3. The van der Waals surface area contributed by atoms with E-state index in [1.54, 1.807) is 13.2 Å². The third-order valence-corrected chi connectivity index (χ3v) is 6.19. The average molecular weight is 434 g/mol. The molecule has 0 atom stereocenters. The van der Waals surface area contributed by atoms with Gasteiger partial charge in [0.25, 0.3) is 0 Å². The number of nitrogens with zero attached hydrogens (tertiary/aromatic N) is 3.